The minimum Gasteiger partial charge on any atom is -0.290 e. The van der Waals surface area contributed by atoms with Crippen molar-refractivity contribution in [1.82, 2.24) is 9.55 Å². The number of nitro groups is 1. The molecule has 0 bridgehead atoms. The highest BCUT2D eigenvalue weighted by Gasteiger charge is 2.19. The van der Waals surface area contributed by atoms with Crippen LogP contribution in [0.4, 0.5) is 10.1 Å². The van der Waals surface area contributed by atoms with Crippen molar-refractivity contribution in [3.63, 3.8) is 0 Å². The summed E-state index contributed by atoms with van der Waals surface area (Å²) in [5.74, 6) is -0.0246. The van der Waals surface area contributed by atoms with E-state index in [4.69, 9.17) is 0 Å². The van der Waals surface area contributed by atoms with Crippen LogP contribution in [0.5, 0.6) is 0 Å². The van der Waals surface area contributed by atoms with E-state index in [-0.39, 0.29) is 5.69 Å². The molecule has 5 nitrogen and oxygen atoms in total. The summed E-state index contributed by atoms with van der Waals surface area (Å²) < 4.78 is 14.9. The fourth-order valence-electron chi connectivity index (χ4n) is 2.28. The Morgan fingerprint density at radius 1 is 1.25 bits per heavy atom. The number of imidazole rings is 1. The number of hydrogen-bond donors (Lipinski definition) is 0. The summed E-state index contributed by atoms with van der Waals surface area (Å²) in [4.78, 5) is 14.9. The Morgan fingerprint density at radius 2 is 2.00 bits per heavy atom. The molecule has 3 rings (SSSR count). The highest BCUT2D eigenvalue weighted by atomic mass is 19.1. The first-order valence-corrected chi connectivity index (χ1v) is 5.96. The number of benzene rings is 2. The van der Waals surface area contributed by atoms with Crippen LogP contribution in [-0.2, 0) is 0 Å². The number of halogens is 1. The molecule has 2 aromatic carbocycles. The van der Waals surface area contributed by atoms with Gasteiger partial charge in [0.2, 0.25) is 0 Å². The predicted octanol–water partition coefficient (Wildman–Crippen LogP) is 3.38. The Bertz CT molecular complexity index is 826. The number of rotatable bonds is 2. The van der Waals surface area contributed by atoms with Crippen LogP contribution in [-0.4, -0.2) is 14.5 Å². The molecule has 3 aromatic rings. The van der Waals surface area contributed by atoms with Gasteiger partial charge >= 0.3 is 0 Å². The van der Waals surface area contributed by atoms with Gasteiger partial charge in [-0.1, -0.05) is 12.1 Å². The molecule has 20 heavy (non-hydrogen) atoms. The van der Waals surface area contributed by atoms with Crippen LogP contribution in [0.2, 0.25) is 0 Å². The third kappa shape index (κ3) is 1.82. The van der Waals surface area contributed by atoms with Crippen molar-refractivity contribution in [3.8, 4) is 5.69 Å². The van der Waals surface area contributed by atoms with Gasteiger partial charge in [0, 0.05) is 0 Å². The van der Waals surface area contributed by atoms with Crippen LogP contribution in [0.25, 0.3) is 16.7 Å². The van der Waals surface area contributed by atoms with E-state index in [0.717, 1.165) is 17.1 Å². The van der Waals surface area contributed by atoms with E-state index >= 15 is 0 Å². The normalized spacial score (nSPS) is 10.9. The minimum absolute atomic E-state index is 0.281. The highest BCUT2D eigenvalue weighted by molar-refractivity contribution is 5.79. The van der Waals surface area contributed by atoms with Gasteiger partial charge in [0.15, 0.2) is 0 Å². The molecule has 100 valence electrons. The largest absolute Gasteiger partial charge is 0.296 e. The second kappa shape index (κ2) is 4.41. The highest BCUT2D eigenvalue weighted by Crippen LogP contribution is 2.28. The lowest BCUT2D eigenvalue weighted by molar-refractivity contribution is -0.384. The fraction of sp³-hybridized carbons (Fsp3) is 0.0714. The van der Waals surface area contributed by atoms with Gasteiger partial charge < -0.3 is 0 Å². The van der Waals surface area contributed by atoms with Crippen LogP contribution in [0.15, 0.2) is 42.5 Å². The van der Waals surface area contributed by atoms with Gasteiger partial charge in [-0.3, -0.25) is 14.7 Å². The molecule has 0 aliphatic rings. The molecule has 0 aliphatic carbocycles. The van der Waals surface area contributed by atoms with Crippen LogP contribution >= 0.6 is 0 Å². The zero-order valence-electron chi connectivity index (χ0n) is 10.6. The first kappa shape index (κ1) is 12.3. The third-order valence-electron chi connectivity index (χ3n) is 3.10. The first-order chi connectivity index (χ1) is 9.58. The molecule has 0 N–H and O–H groups in total. The smallest absolute Gasteiger partial charge is 0.290 e. The molecule has 0 saturated heterocycles. The van der Waals surface area contributed by atoms with E-state index < -0.39 is 10.7 Å². The Morgan fingerprint density at radius 3 is 2.75 bits per heavy atom. The molecular weight excluding hydrogens is 261 g/mol. The number of hydrogen-bond acceptors (Lipinski definition) is 3. The summed E-state index contributed by atoms with van der Waals surface area (Å²) in [5.41, 5.74) is 1.52. The van der Waals surface area contributed by atoms with Crippen molar-refractivity contribution in [1.29, 1.82) is 0 Å². The number of nitro benzene ring substituents is 1. The van der Waals surface area contributed by atoms with Gasteiger partial charge in [-0.15, -0.1) is 0 Å². The average Bonchev–Trinajstić information content (AvgIpc) is 2.74. The summed E-state index contributed by atoms with van der Waals surface area (Å²) in [5, 5.41) is 11.1. The van der Waals surface area contributed by atoms with Gasteiger partial charge in [0.1, 0.15) is 17.3 Å². The molecule has 6 heteroatoms. The Hall–Kier alpha value is -2.76. The Balaban J connectivity index is 2.36. The Labute approximate surface area is 113 Å². The number of fused-ring (bicyclic) bond motifs is 1. The maximum Gasteiger partial charge on any atom is 0.296 e. The summed E-state index contributed by atoms with van der Waals surface area (Å²) in [6, 6.07) is 10.8. The van der Waals surface area contributed by atoms with Crippen LogP contribution in [0.3, 0.4) is 0 Å². The summed E-state index contributed by atoms with van der Waals surface area (Å²) in [6.45, 7) is 1.76. The third-order valence-corrected chi connectivity index (χ3v) is 3.10. The monoisotopic (exact) mass is 271 g/mol. The van der Waals surface area contributed by atoms with E-state index in [1.807, 2.05) is 24.3 Å². The van der Waals surface area contributed by atoms with Crippen molar-refractivity contribution >= 4 is 16.7 Å². The van der Waals surface area contributed by atoms with E-state index in [0.29, 0.717) is 11.5 Å². The number of aromatic nitrogens is 2. The molecule has 0 atom stereocenters. The van der Waals surface area contributed by atoms with Crippen LogP contribution in [0.1, 0.15) is 5.82 Å². The predicted molar refractivity (Wildman–Crippen MR) is 72.4 cm³/mol. The maximum absolute atomic E-state index is 13.2. The molecule has 0 radical (unpaired) electrons. The van der Waals surface area contributed by atoms with Crippen molar-refractivity contribution < 1.29 is 9.31 Å². The summed E-state index contributed by atoms with van der Waals surface area (Å²) in [6.07, 6.45) is 0. The molecule has 1 heterocycles. The molecule has 0 saturated carbocycles. The SMILES string of the molecule is Cc1nc2ccccc2n1-c1ccc(F)cc1[N+](=O)[O-]. The summed E-state index contributed by atoms with van der Waals surface area (Å²) >= 11 is 0. The van der Waals surface area contributed by atoms with Crippen molar-refractivity contribution in [2.45, 2.75) is 6.92 Å². The van der Waals surface area contributed by atoms with Crippen LogP contribution < -0.4 is 0 Å². The number of aryl methyl sites for hydroxylation is 1. The van der Waals surface area contributed by atoms with Crippen molar-refractivity contribution in [3.05, 3.63) is 64.2 Å². The van der Waals surface area contributed by atoms with Gasteiger partial charge in [-0.25, -0.2) is 9.37 Å². The topological polar surface area (TPSA) is 61.0 Å². The molecule has 0 amide bonds. The lowest BCUT2D eigenvalue weighted by Crippen LogP contribution is -2.02. The van der Waals surface area contributed by atoms with Gasteiger partial charge in [0.25, 0.3) is 5.69 Å². The molecule has 0 fully saturated rings. The van der Waals surface area contributed by atoms with E-state index in [2.05, 4.69) is 4.98 Å². The summed E-state index contributed by atoms with van der Waals surface area (Å²) in [7, 11) is 0. The Kier molecular flexibility index (Phi) is 2.71. The quantitative estimate of drug-likeness (QED) is 0.530. The maximum atomic E-state index is 13.2. The zero-order chi connectivity index (χ0) is 14.3. The van der Waals surface area contributed by atoms with E-state index in [9.17, 15) is 14.5 Å². The van der Waals surface area contributed by atoms with Crippen molar-refractivity contribution in [2.75, 3.05) is 0 Å². The molecule has 1 aromatic heterocycles. The number of para-hydroxylation sites is 2. The van der Waals surface area contributed by atoms with Crippen LogP contribution in [0, 0.1) is 22.9 Å². The molecule has 0 unspecified atom stereocenters. The van der Waals surface area contributed by atoms with E-state index in [1.54, 1.807) is 11.5 Å². The van der Waals surface area contributed by atoms with E-state index in [1.165, 1.54) is 12.1 Å². The lowest BCUT2D eigenvalue weighted by atomic mass is 10.2. The number of nitrogens with zero attached hydrogens (tertiary/aromatic N) is 3. The lowest BCUT2D eigenvalue weighted by Gasteiger charge is -2.07. The fourth-order valence-corrected chi connectivity index (χ4v) is 2.28. The van der Waals surface area contributed by atoms with Crippen molar-refractivity contribution in [2.24, 2.45) is 0 Å². The minimum atomic E-state index is -0.637. The first-order valence-electron chi connectivity index (χ1n) is 5.96. The standard InChI is InChI=1S/C14H10FN3O2/c1-9-16-11-4-2-3-5-12(11)17(9)13-7-6-10(15)8-14(13)18(19)20/h2-8H,1H3. The molecule has 0 spiro atoms. The van der Waals surface area contributed by atoms with Gasteiger partial charge in [0.05, 0.1) is 22.0 Å². The second-order valence-corrected chi connectivity index (χ2v) is 4.37. The average molecular weight is 271 g/mol. The second-order valence-electron chi connectivity index (χ2n) is 4.37. The zero-order valence-corrected chi connectivity index (χ0v) is 10.6. The van der Waals surface area contributed by atoms with Gasteiger partial charge in [-0.05, 0) is 31.2 Å². The van der Waals surface area contributed by atoms with Gasteiger partial charge in [-0.2, -0.15) is 0 Å². The molecular formula is C14H10FN3O2. The molecule has 0 aliphatic heterocycles.